The lowest BCUT2D eigenvalue weighted by molar-refractivity contribution is 0.185. The number of thiazole rings is 1. The summed E-state index contributed by atoms with van der Waals surface area (Å²) in [7, 11) is 1.69. The smallest absolute Gasteiger partial charge is 0.180 e. The third-order valence-corrected chi connectivity index (χ3v) is 3.10. The Morgan fingerprint density at radius 2 is 2.28 bits per heavy atom. The van der Waals surface area contributed by atoms with Crippen LogP contribution in [0, 0.1) is 0 Å². The predicted molar refractivity (Wildman–Crippen MR) is 78.3 cm³/mol. The fourth-order valence-electron chi connectivity index (χ4n) is 1.53. The lowest BCUT2D eigenvalue weighted by Gasteiger charge is -2.06. The number of hydrogen-bond donors (Lipinski definition) is 2. The van der Waals surface area contributed by atoms with Gasteiger partial charge in [0, 0.05) is 23.9 Å². The van der Waals surface area contributed by atoms with Crippen LogP contribution in [0.3, 0.4) is 0 Å². The van der Waals surface area contributed by atoms with Gasteiger partial charge < -0.3 is 15.8 Å². The summed E-state index contributed by atoms with van der Waals surface area (Å²) in [4.78, 5) is 5.14. The number of nitrogens with zero attached hydrogens (tertiary/aromatic N) is 1. The van der Waals surface area contributed by atoms with Crippen LogP contribution in [0.25, 0.3) is 0 Å². The molecular formula is C12H16ClN3OS. The van der Waals surface area contributed by atoms with Gasteiger partial charge in [-0.1, -0.05) is 12.1 Å². The van der Waals surface area contributed by atoms with Crippen LogP contribution in [0.1, 0.15) is 10.4 Å². The molecule has 0 aliphatic heterocycles. The molecule has 0 saturated carbocycles. The van der Waals surface area contributed by atoms with Crippen molar-refractivity contribution in [1.82, 2.24) is 4.98 Å². The molecule has 0 atom stereocenters. The number of halogens is 1. The molecule has 0 saturated heterocycles. The Balaban J connectivity index is 0.00000162. The van der Waals surface area contributed by atoms with E-state index < -0.39 is 0 Å². The van der Waals surface area contributed by atoms with E-state index >= 15 is 0 Å². The molecular weight excluding hydrogens is 270 g/mol. The number of rotatable bonds is 5. The Kier molecular flexibility index (Phi) is 5.91. The number of nitrogen functional groups attached to an aromatic ring is 1. The number of methoxy groups -OCH3 is 1. The third-order valence-electron chi connectivity index (χ3n) is 2.28. The van der Waals surface area contributed by atoms with Crippen molar-refractivity contribution >= 4 is 34.6 Å². The Morgan fingerprint density at radius 1 is 1.44 bits per heavy atom. The van der Waals surface area contributed by atoms with Crippen LogP contribution in [-0.2, 0) is 17.9 Å². The predicted octanol–water partition coefficient (Wildman–Crippen LogP) is 2.91. The van der Waals surface area contributed by atoms with E-state index in [1.165, 1.54) is 11.3 Å². The molecule has 4 nitrogen and oxygen atoms in total. The van der Waals surface area contributed by atoms with Gasteiger partial charge in [0.25, 0.3) is 0 Å². The summed E-state index contributed by atoms with van der Waals surface area (Å²) in [6.07, 6.45) is 1.80. The Hall–Kier alpha value is -1.30. The summed E-state index contributed by atoms with van der Waals surface area (Å²) in [5, 5.41) is 3.94. The van der Waals surface area contributed by atoms with Crippen LogP contribution in [0.2, 0.25) is 0 Å². The molecule has 0 fully saturated rings. The fraction of sp³-hybridized carbons (Fsp3) is 0.250. The summed E-state index contributed by atoms with van der Waals surface area (Å²) in [5.74, 6) is 0. The first-order valence-electron chi connectivity index (χ1n) is 5.30. The Bertz CT molecular complexity index is 490. The zero-order valence-electron chi connectivity index (χ0n) is 10.1. The largest absolute Gasteiger partial charge is 0.380 e. The molecule has 0 aliphatic carbocycles. The van der Waals surface area contributed by atoms with E-state index in [-0.39, 0.29) is 12.4 Å². The van der Waals surface area contributed by atoms with Gasteiger partial charge in [-0.05, 0) is 17.7 Å². The monoisotopic (exact) mass is 285 g/mol. The summed E-state index contributed by atoms with van der Waals surface area (Å²) in [6, 6.07) is 8.16. The maximum Gasteiger partial charge on any atom is 0.180 e. The number of benzene rings is 1. The van der Waals surface area contributed by atoms with Crippen LogP contribution in [0.4, 0.5) is 10.8 Å². The summed E-state index contributed by atoms with van der Waals surface area (Å²) in [5.41, 5.74) is 7.80. The molecule has 0 bridgehead atoms. The topological polar surface area (TPSA) is 60.2 Å². The number of nitrogens with one attached hydrogen (secondary N) is 1. The number of aromatic nitrogens is 1. The van der Waals surface area contributed by atoms with Crippen LogP contribution in [0.15, 0.2) is 30.5 Å². The summed E-state index contributed by atoms with van der Waals surface area (Å²) in [6.45, 7) is 1.37. The first-order chi connectivity index (χ1) is 8.28. The normalized spacial score (nSPS) is 9.83. The van der Waals surface area contributed by atoms with Crippen LogP contribution >= 0.6 is 23.7 Å². The first kappa shape index (κ1) is 14.8. The third kappa shape index (κ3) is 4.18. The molecule has 0 aliphatic rings. The van der Waals surface area contributed by atoms with Gasteiger partial charge in [0.15, 0.2) is 5.13 Å². The maximum atomic E-state index is 5.57. The standard InChI is InChI=1S/C12H15N3OS.ClH/c1-16-8-9-3-2-4-10(5-9)14-6-11-7-15-12(13)17-11;/h2-5,7,14H,6,8H2,1H3,(H2,13,15);1H. The highest BCUT2D eigenvalue weighted by atomic mass is 35.5. The van der Waals surface area contributed by atoms with Gasteiger partial charge in [-0.3, -0.25) is 0 Å². The van der Waals surface area contributed by atoms with Crippen molar-refractivity contribution in [3.63, 3.8) is 0 Å². The van der Waals surface area contributed by atoms with E-state index in [4.69, 9.17) is 10.5 Å². The molecule has 0 radical (unpaired) electrons. The minimum atomic E-state index is 0. The van der Waals surface area contributed by atoms with Crippen molar-refractivity contribution < 1.29 is 4.74 Å². The van der Waals surface area contributed by atoms with E-state index in [0.29, 0.717) is 11.7 Å². The molecule has 0 unspecified atom stereocenters. The quantitative estimate of drug-likeness (QED) is 0.887. The summed E-state index contributed by atoms with van der Waals surface area (Å²) < 4.78 is 5.10. The number of anilines is 2. The molecule has 1 heterocycles. The van der Waals surface area contributed by atoms with Gasteiger partial charge in [0.05, 0.1) is 13.2 Å². The molecule has 98 valence electrons. The number of ether oxygens (including phenoxy) is 1. The van der Waals surface area contributed by atoms with Crippen LogP contribution in [0.5, 0.6) is 0 Å². The highest BCUT2D eigenvalue weighted by Crippen LogP contribution is 2.17. The zero-order chi connectivity index (χ0) is 12.1. The average Bonchev–Trinajstić information content (AvgIpc) is 2.74. The maximum absolute atomic E-state index is 5.57. The number of nitrogens with two attached hydrogens (primary N) is 1. The van der Waals surface area contributed by atoms with Gasteiger partial charge in [-0.15, -0.1) is 23.7 Å². The Labute approximate surface area is 117 Å². The second kappa shape index (κ2) is 7.20. The van der Waals surface area contributed by atoms with Crippen molar-refractivity contribution in [3.8, 4) is 0 Å². The molecule has 2 aromatic rings. The summed E-state index contributed by atoms with van der Waals surface area (Å²) >= 11 is 1.50. The van der Waals surface area contributed by atoms with Crippen molar-refractivity contribution in [1.29, 1.82) is 0 Å². The minimum Gasteiger partial charge on any atom is -0.380 e. The highest BCUT2D eigenvalue weighted by molar-refractivity contribution is 7.15. The molecule has 1 aromatic carbocycles. The lowest BCUT2D eigenvalue weighted by Crippen LogP contribution is -1.98. The average molecular weight is 286 g/mol. The lowest BCUT2D eigenvalue weighted by atomic mass is 10.2. The van der Waals surface area contributed by atoms with Crippen molar-refractivity contribution in [2.45, 2.75) is 13.2 Å². The van der Waals surface area contributed by atoms with Crippen molar-refractivity contribution in [3.05, 3.63) is 40.9 Å². The van der Waals surface area contributed by atoms with E-state index in [9.17, 15) is 0 Å². The second-order valence-electron chi connectivity index (χ2n) is 3.65. The first-order valence-corrected chi connectivity index (χ1v) is 6.11. The number of hydrogen-bond acceptors (Lipinski definition) is 5. The van der Waals surface area contributed by atoms with E-state index in [1.807, 2.05) is 18.2 Å². The molecule has 18 heavy (non-hydrogen) atoms. The molecule has 0 amide bonds. The fourth-order valence-corrected chi connectivity index (χ4v) is 2.16. The van der Waals surface area contributed by atoms with E-state index in [2.05, 4.69) is 16.4 Å². The molecule has 6 heteroatoms. The van der Waals surface area contributed by atoms with Gasteiger partial charge >= 0.3 is 0 Å². The molecule has 2 rings (SSSR count). The van der Waals surface area contributed by atoms with Crippen LogP contribution < -0.4 is 11.1 Å². The second-order valence-corrected chi connectivity index (χ2v) is 4.80. The van der Waals surface area contributed by atoms with Gasteiger partial charge in [0.1, 0.15) is 0 Å². The Morgan fingerprint density at radius 3 is 2.94 bits per heavy atom. The minimum absolute atomic E-state index is 0. The van der Waals surface area contributed by atoms with Gasteiger partial charge in [0.2, 0.25) is 0 Å². The van der Waals surface area contributed by atoms with Crippen molar-refractivity contribution in [2.75, 3.05) is 18.2 Å². The molecule has 0 spiro atoms. The van der Waals surface area contributed by atoms with Gasteiger partial charge in [-0.2, -0.15) is 0 Å². The SMILES string of the molecule is COCc1cccc(NCc2cnc(N)s2)c1.Cl. The van der Waals surface area contributed by atoms with E-state index in [0.717, 1.165) is 22.7 Å². The molecule has 3 N–H and O–H groups in total. The van der Waals surface area contributed by atoms with Gasteiger partial charge in [-0.25, -0.2) is 4.98 Å². The highest BCUT2D eigenvalue weighted by Gasteiger charge is 1.99. The van der Waals surface area contributed by atoms with Crippen LogP contribution in [-0.4, -0.2) is 12.1 Å². The zero-order valence-corrected chi connectivity index (χ0v) is 11.7. The van der Waals surface area contributed by atoms with E-state index in [1.54, 1.807) is 13.3 Å². The van der Waals surface area contributed by atoms with Crippen molar-refractivity contribution in [2.24, 2.45) is 0 Å². The molecule has 1 aromatic heterocycles.